The van der Waals surface area contributed by atoms with Gasteiger partial charge in [0.1, 0.15) is 0 Å². The highest BCUT2D eigenvalue weighted by Crippen LogP contribution is 2.17. The molecule has 3 nitrogen and oxygen atoms in total. The molecule has 1 aromatic rings. The number of hydrogen-bond donors (Lipinski definition) is 2. The molecule has 0 aliphatic heterocycles. The van der Waals surface area contributed by atoms with Gasteiger partial charge in [0.25, 0.3) is 0 Å². The maximum atomic E-state index is 11.5. The molecule has 0 aliphatic rings. The minimum atomic E-state index is 0.103. The number of hydrogen-bond acceptors (Lipinski definition) is 3. The van der Waals surface area contributed by atoms with Gasteiger partial charge in [-0.2, -0.15) is 0 Å². The van der Waals surface area contributed by atoms with E-state index in [0.717, 1.165) is 29.8 Å². The fraction of sp³-hybridized carbons (Fsp3) is 0.462. The van der Waals surface area contributed by atoms with Crippen LogP contribution in [0.3, 0.4) is 0 Å². The van der Waals surface area contributed by atoms with Crippen LogP contribution in [0.25, 0.3) is 0 Å². The summed E-state index contributed by atoms with van der Waals surface area (Å²) in [6.07, 6.45) is 2.15. The third kappa shape index (κ3) is 5.75. The molecule has 1 amide bonds. The smallest absolute Gasteiger partial charge is 0.230 e. The molecule has 17 heavy (non-hydrogen) atoms. The molecule has 0 aliphatic carbocycles. The van der Waals surface area contributed by atoms with Gasteiger partial charge in [0.05, 0.1) is 5.75 Å². The van der Waals surface area contributed by atoms with E-state index in [4.69, 9.17) is 5.73 Å². The van der Waals surface area contributed by atoms with Gasteiger partial charge in [0.2, 0.25) is 5.91 Å². The van der Waals surface area contributed by atoms with Gasteiger partial charge < -0.3 is 11.1 Å². The second-order valence-electron chi connectivity index (χ2n) is 3.84. The summed E-state index contributed by atoms with van der Waals surface area (Å²) in [7, 11) is 0. The Morgan fingerprint density at radius 1 is 1.35 bits per heavy atom. The summed E-state index contributed by atoms with van der Waals surface area (Å²) in [5.41, 5.74) is 6.63. The Labute approximate surface area is 107 Å². The lowest BCUT2D eigenvalue weighted by Gasteiger charge is -2.04. The van der Waals surface area contributed by atoms with Crippen molar-refractivity contribution in [1.82, 2.24) is 5.32 Å². The predicted molar refractivity (Wildman–Crippen MR) is 73.0 cm³/mol. The van der Waals surface area contributed by atoms with Crippen LogP contribution in [0.1, 0.15) is 25.3 Å². The highest BCUT2D eigenvalue weighted by molar-refractivity contribution is 8.00. The van der Waals surface area contributed by atoms with Crippen molar-refractivity contribution in [3.8, 4) is 0 Å². The quantitative estimate of drug-likeness (QED) is 0.577. The molecule has 0 bridgehead atoms. The van der Waals surface area contributed by atoms with Crippen molar-refractivity contribution >= 4 is 17.7 Å². The van der Waals surface area contributed by atoms with E-state index in [1.54, 1.807) is 11.8 Å². The molecule has 4 heteroatoms. The molecule has 0 unspecified atom stereocenters. The SMILES string of the molecule is CCCCNC(=O)CSc1ccc(CN)cc1. The van der Waals surface area contributed by atoms with Crippen LogP contribution in [-0.2, 0) is 11.3 Å². The monoisotopic (exact) mass is 252 g/mol. The van der Waals surface area contributed by atoms with E-state index in [9.17, 15) is 4.79 Å². The van der Waals surface area contributed by atoms with Crippen molar-refractivity contribution in [2.75, 3.05) is 12.3 Å². The van der Waals surface area contributed by atoms with Crippen molar-refractivity contribution in [3.05, 3.63) is 29.8 Å². The Morgan fingerprint density at radius 3 is 2.65 bits per heavy atom. The molecule has 0 radical (unpaired) electrons. The molecular weight excluding hydrogens is 232 g/mol. The van der Waals surface area contributed by atoms with Gasteiger partial charge in [0.15, 0.2) is 0 Å². The van der Waals surface area contributed by atoms with E-state index in [1.165, 1.54) is 0 Å². The number of amides is 1. The van der Waals surface area contributed by atoms with Crippen molar-refractivity contribution < 1.29 is 4.79 Å². The third-order valence-electron chi connectivity index (χ3n) is 2.38. The molecule has 0 heterocycles. The normalized spacial score (nSPS) is 10.2. The molecule has 3 N–H and O–H groups in total. The van der Waals surface area contributed by atoms with Gasteiger partial charge in [-0.15, -0.1) is 11.8 Å². The summed E-state index contributed by atoms with van der Waals surface area (Å²) in [6.45, 7) is 3.45. The zero-order chi connectivity index (χ0) is 12.5. The summed E-state index contributed by atoms with van der Waals surface area (Å²) in [4.78, 5) is 12.6. The first-order valence-electron chi connectivity index (χ1n) is 5.94. The zero-order valence-corrected chi connectivity index (χ0v) is 11.1. The van der Waals surface area contributed by atoms with E-state index < -0.39 is 0 Å². The van der Waals surface area contributed by atoms with E-state index in [1.807, 2.05) is 24.3 Å². The first-order chi connectivity index (χ1) is 8.26. The number of carbonyl (C=O) groups excluding carboxylic acids is 1. The van der Waals surface area contributed by atoms with Crippen LogP contribution >= 0.6 is 11.8 Å². The molecule has 1 aromatic carbocycles. The van der Waals surface area contributed by atoms with E-state index in [2.05, 4.69) is 12.2 Å². The zero-order valence-electron chi connectivity index (χ0n) is 10.2. The highest BCUT2D eigenvalue weighted by atomic mass is 32.2. The van der Waals surface area contributed by atoms with Crippen LogP contribution < -0.4 is 11.1 Å². The fourth-order valence-electron chi connectivity index (χ4n) is 1.33. The fourth-order valence-corrected chi connectivity index (χ4v) is 2.05. The van der Waals surface area contributed by atoms with E-state index in [0.29, 0.717) is 12.3 Å². The Hall–Kier alpha value is -1.00. The summed E-state index contributed by atoms with van der Waals surface area (Å²) in [6, 6.07) is 8.01. The molecule has 94 valence electrons. The largest absolute Gasteiger partial charge is 0.355 e. The van der Waals surface area contributed by atoms with Gasteiger partial charge in [-0.05, 0) is 24.1 Å². The molecular formula is C13H20N2OS. The average Bonchev–Trinajstić information content (AvgIpc) is 2.37. The number of carbonyl (C=O) groups is 1. The summed E-state index contributed by atoms with van der Waals surface area (Å²) in [5, 5.41) is 2.90. The lowest BCUT2D eigenvalue weighted by atomic mass is 10.2. The molecule has 0 saturated heterocycles. The maximum Gasteiger partial charge on any atom is 0.230 e. The van der Waals surface area contributed by atoms with E-state index >= 15 is 0 Å². The van der Waals surface area contributed by atoms with Gasteiger partial charge in [-0.1, -0.05) is 25.5 Å². The van der Waals surface area contributed by atoms with E-state index in [-0.39, 0.29) is 5.91 Å². The lowest BCUT2D eigenvalue weighted by Crippen LogP contribution is -2.25. The summed E-state index contributed by atoms with van der Waals surface area (Å²) < 4.78 is 0. The number of unbranched alkanes of at least 4 members (excludes halogenated alkanes) is 1. The minimum absolute atomic E-state index is 0.103. The summed E-state index contributed by atoms with van der Waals surface area (Å²) in [5.74, 6) is 0.581. The first-order valence-corrected chi connectivity index (χ1v) is 6.93. The van der Waals surface area contributed by atoms with Crippen LogP contribution in [-0.4, -0.2) is 18.2 Å². The number of thioether (sulfide) groups is 1. The van der Waals surface area contributed by atoms with Crippen molar-refractivity contribution in [3.63, 3.8) is 0 Å². The van der Waals surface area contributed by atoms with Crippen molar-refractivity contribution in [1.29, 1.82) is 0 Å². The molecule has 0 fully saturated rings. The average molecular weight is 252 g/mol. The van der Waals surface area contributed by atoms with Gasteiger partial charge in [-0.3, -0.25) is 4.79 Å². The predicted octanol–water partition coefficient (Wildman–Crippen LogP) is 2.15. The standard InChI is InChI=1S/C13H20N2OS/c1-2-3-8-15-13(16)10-17-12-6-4-11(9-14)5-7-12/h4-7H,2-3,8-10,14H2,1H3,(H,15,16). The molecule has 0 spiro atoms. The number of nitrogens with one attached hydrogen (secondary N) is 1. The van der Waals surface area contributed by atoms with Crippen LogP contribution in [0.15, 0.2) is 29.2 Å². The van der Waals surface area contributed by atoms with Gasteiger partial charge in [0, 0.05) is 18.0 Å². The van der Waals surface area contributed by atoms with Crippen LogP contribution in [0, 0.1) is 0 Å². The minimum Gasteiger partial charge on any atom is -0.355 e. The Bertz CT molecular complexity index is 338. The molecule has 0 saturated carbocycles. The van der Waals surface area contributed by atoms with Crippen LogP contribution in [0.4, 0.5) is 0 Å². The Morgan fingerprint density at radius 2 is 2.06 bits per heavy atom. The van der Waals surface area contributed by atoms with Gasteiger partial charge >= 0.3 is 0 Å². The summed E-state index contributed by atoms with van der Waals surface area (Å²) >= 11 is 1.55. The van der Waals surface area contributed by atoms with Crippen LogP contribution in [0.2, 0.25) is 0 Å². The second kappa shape index (κ2) is 8.14. The topological polar surface area (TPSA) is 55.1 Å². The maximum absolute atomic E-state index is 11.5. The second-order valence-corrected chi connectivity index (χ2v) is 4.89. The molecule has 0 atom stereocenters. The Balaban J connectivity index is 2.27. The van der Waals surface area contributed by atoms with Crippen molar-refractivity contribution in [2.24, 2.45) is 5.73 Å². The highest BCUT2D eigenvalue weighted by Gasteiger charge is 2.01. The Kier molecular flexibility index (Phi) is 6.74. The van der Waals surface area contributed by atoms with Gasteiger partial charge in [-0.25, -0.2) is 0 Å². The lowest BCUT2D eigenvalue weighted by molar-refractivity contribution is -0.118. The number of benzene rings is 1. The third-order valence-corrected chi connectivity index (χ3v) is 3.39. The van der Waals surface area contributed by atoms with Crippen LogP contribution in [0.5, 0.6) is 0 Å². The first kappa shape index (κ1) is 14.1. The number of nitrogens with two attached hydrogens (primary N) is 1. The number of rotatable bonds is 7. The molecule has 1 rings (SSSR count). The molecule has 0 aromatic heterocycles. The van der Waals surface area contributed by atoms with Crippen molar-refractivity contribution in [2.45, 2.75) is 31.2 Å².